The van der Waals surface area contributed by atoms with Crippen molar-refractivity contribution < 1.29 is 34.4 Å². The molecule has 0 saturated carbocycles. The summed E-state index contributed by atoms with van der Waals surface area (Å²) in [5, 5.41) is 34.2. The van der Waals surface area contributed by atoms with Gasteiger partial charge in [0.05, 0.1) is 42.3 Å². The number of fused-ring (bicyclic) bond motifs is 3. The monoisotopic (exact) mass is 578 g/mol. The van der Waals surface area contributed by atoms with E-state index in [-0.39, 0.29) is 44.2 Å². The van der Waals surface area contributed by atoms with E-state index >= 15 is 0 Å². The van der Waals surface area contributed by atoms with Crippen LogP contribution in [0.5, 0.6) is 11.5 Å². The van der Waals surface area contributed by atoms with Gasteiger partial charge >= 0.3 is 0 Å². The smallest absolute Gasteiger partial charge is 0.247 e. The number of ether oxygens (including phenoxy) is 2. The molecule has 0 bridgehead atoms. The van der Waals surface area contributed by atoms with Crippen LogP contribution in [0.1, 0.15) is 42.4 Å². The Hall–Kier alpha value is -2.82. The van der Waals surface area contributed by atoms with E-state index in [1.165, 1.54) is 12.0 Å². The highest BCUT2D eigenvalue weighted by atomic mass is 35.5. The first-order valence-corrected chi connectivity index (χ1v) is 13.5. The van der Waals surface area contributed by atoms with Crippen molar-refractivity contribution in [3.63, 3.8) is 0 Å². The van der Waals surface area contributed by atoms with E-state index in [1.807, 2.05) is 6.92 Å². The Labute approximate surface area is 236 Å². The van der Waals surface area contributed by atoms with E-state index in [1.54, 1.807) is 36.4 Å². The number of halogens is 2. The van der Waals surface area contributed by atoms with Crippen molar-refractivity contribution in [1.82, 2.24) is 10.2 Å². The van der Waals surface area contributed by atoms with Gasteiger partial charge in [-0.05, 0) is 47.9 Å². The zero-order valence-corrected chi connectivity index (χ0v) is 23.2. The summed E-state index contributed by atoms with van der Waals surface area (Å²) in [4.78, 5) is 28.3. The van der Waals surface area contributed by atoms with Gasteiger partial charge in [-0.25, -0.2) is 0 Å². The second-order valence-corrected chi connectivity index (χ2v) is 10.4. The number of hydrogen-bond acceptors (Lipinski definition) is 7. The summed E-state index contributed by atoms with van der Waals surface area (Å²) in [5.74, 6) is -0.648. The summed E-state index contributed by atoms with van der Waals surface area (Å²) in [5.41, 5.74) is 2.12. The molecule has 1 aliphatic heterocycles. The molecule has 210 valence electrons. The Morgan fingerprint density at radius 1 is 1.13 bits per heavy atom. The Bertz CT molecular complexity index is 1270. The van der Waals surface area contributed by atoms with Gasteiger partial charge in [-0.2, -0.15) is 0 Å². The minimum Gasteiger partial charge on any atom is -0.493 e. The van der Waals surface area contributed by atoms with Gasteiger partial charge in [0.15, 0.2) is 11.5 Å². The summed E-state index contributed by atoms with van der Waals surface area (Å²) in [6.07, 6.45) is 0.288. The molecule has 0 saturated heterocycles. The fourth-order valence-corrected chi connectivity index (χ4v) is 5.49. The van der Waals surface area contributed by atoms with Crippen LogP contribution in [0.2, 0.25) is 10.0 Å². The molecule has 39 heavy (non-hydrogen) atoms. The highest BCUT2D eigenvalue weighted by Crippen LogP contribution is 2.51. The topological polar surface area (TPSA) is 129 Å². The summed E-state index contributed by atoms with van der Waals surface area (Å²) in [7, 11) is 1.47. The number of methoxy groups -OCH3 is 1. The first-order chi connectivity index (χ1) is 18.7. The first kappa shape index (κ1) is 29.2. The number of nitrogens with one attached hydrogen (secondary N) is 1. The molecule has 0 aromatic heterocycles. The van der Waals surface area contributed by atoms with Gasteiger partial charge in [0.2, 0.25) is 11.8 Å². The molecule has 11 heteroatoms. The van der Waals surface area contributed by atoms with E-state index in [2.05, 4.69) is 5.32 Å². The maximum absolute atomic E-state index is 13.4. The average Bonchev–Trinajstić information content (AvgIpc) is 3.32. The second-order valence-electron chi connectivity index (χ2n) is 9.54. The molecule has 1 aliphatic carbocycles. The first-order valence-electron chi connectivity index (χ1n) is 12.7. The van der Waals surface area contributed by atoms with Gasteiger partial charge in [0, 0.05) is 30.6 Å². The number of amides is 2. The predicted octanol–water partition coefficient (Wildman–Crippen LogP) is 2.95. The Morgan fingerprint density at radius 2 is 1.90 bits per heavy atom. The van der Waals surface area contributed by atoms with Crippen LogP contribution in [0.15, 0.2) is 42.0 Å². The minimum atomic E-state index is -1.21. The van der Waals surface area contributed by atoms with Crippen LogP contribution in [-0.2, 0) is 22.7 Å². The molecule has 4 unspecified atom stereocenters. The van der Waals surface area contributed by atoms with Gasteiger partial charge in [0.1, 0.15) is 12.2 Å². The Morgan fingerprint density at radius 3 is 2.54 bits per heavy atom. The van der Waals surface area contributed by atoms with Crippen molar-refractivity contribution in [2.75, 3.05) is 20.3 Å². The molecule has 0 fully saturated rings. The zero-order valence-electron chi connectivity index (χ0n) is 21.7. The number of carbonyl (C=O) groups excluding carboxylic acids is 2. The fourth-order valence-electron chi connectivity index (χ4n) is 5.17. The third-order valence-corrected chi connectivity index (χ3v) is 7.71. The lowest BCUT2D eigenvalue weighted by Gasteiger charge is -2.41. The zero-order chi connectivity index (χ0) is 28.3. The third-order valence-electron chi connectivity index (χ3n) is 6.98. The lowest BCUT2D eigenvalue weighted by molar-refractivity contribution is -0.138. The van der Waals surface area contributed by atoms with Crippen LogP contribution in [0.4, 0.5) is 0 Å². The SMILES string of the molecule is CCCC(=O)N(Cc1ccc(Cl)c(Cl)c1)C1C=C(C(=O)NCCO)C2c3cc(CO)cc(OC)c3OC2C1O. The highest BCUT2D eigenvalue weighted by Gasteiger charge is 2.51. The van der Waals surface area contributed by atoms with Crippen LogP contribution in [0.3, 0.4) is 0 Å². The Balaban J connectivity index is 1.81. The van der Waals surface area contributed by atoms with Gasteiger partial charge in [0.25, 0.3) is 0 Å². The van der Waals surface area contributed by atoms with E-state index in [9.17, 15) is 24.9 Å². The van der Waals surface area contributed by atoms with Crippen molar-refractivity contribution in [2.45, 2.75) is 57.1 Å². The molecule has 2 aromatic carbocycles. The quantitative estimate of drug-likeness (QED) is 0.341. The number of aliphatic hydroxyl groups excluding tert-OH is 3. The van der Waals surface area contributed by atoms with Crippen molar-refractivity contribution >= 4 is 35.0 Å². The molecule has 2 aliphatic rings. The lowest BCUT2D eigenvalue weighted by atomic mass is 9.77. The van der Waals surface area contributed by atoms with E-state index < -0.39 is 30.1 Å². The summed E-state index contributed by atoms with van der Waals surface area (Å²) in [6, 6.07) is 7.50. The van der Waals surface area contributed by atoms with Crippen LogP contribution >= 0.6 is 23.2 Å². The summed E-state index contributed by atoms with van der Waals surface area (Å²) in [6.45, 7) is 1.50. The van der Waals surface area contributed by atoms with E-state index in [4.69, 9.17) is 32.7 Å². The number of aliphatic hydroxyl groups is 3. The molecule has 2 amide bonds. The van der Waals surface area contributed by atoms with Gasteiger partial charge < -0.3 is 35.0 Å². The lowest BCUT2D eigenvalue weighted by Crippen LogP contribution is -2.55. The van der Waals surface area contributed by atoms with Gasteiger partial charge in [-0.1, -0.05) is 36.2 Å². The van der Waals surface area contributed by atoms with E-state index in [0.717, 1.165) is 0 Å². The van der Waals surface area contributed by atoms with Crippen LogP contribution in [0.25, 0.3) is 0 Å². The maximum Gasteiger partial charge on any atom is 0.247 e. The normalized spacial score (nSPS) is 21.4. The molecule has 1 heterocycles. The van der Waals surface area contributed by atoms with E-state index in [0.29, 0.717) is 44.7 Å². The molecular formula is C28H32Cl2N2O7. The molecular weight excluding hydrogens is 547 g/mol. The second kappa shape index (κ2) is 12.6. The molecule has 0 spiro atoms. The molecule has 2 aromatic rings. The Kier molecular flexibility index (Phi) is 9.40. The molecule has 4 N–H and O–H groups in total. The largest absolute Gasteiger partial charge is 0.493 e. The van der Waals surface area contributed by atoms with Crippen LogP contribution in [0, 0.1) is 0 Å². The summed E-state index contributed by atoms with van der Waals surface area (Å²) >= 11 is 12.3. The number of nitrogens with zero attached hydrogens (tertiary/aromatic N) is 1. The standard InChI is InChI=1S/C28H32Cl2N2O7/c1-3-4-23(35)32(13-15-5-6-19(29)20(30)10-15)21-12-18(28(37)31-7-8-33)24-17-9-16(14-34)11-22(38-2)26(17)39-27(24)25(21)36/h5-6,9-12,21,24-25,27,33-34,36H,3-4,7-8,13-14H2,1-2H3,(H,31,37). The highest BCUT2D eigenvalue weighted by molar-refractivity contribution is 6.42. The summed E-state index contributed by atoms with van der Waals surface area (Å²) < 4.78 is 11.7. The van der Waals surface area contributed by atoms with Crippen molar-refractivity contribution in [3.05, 3.63) is 68.7 Å². The van der Waals surface area contributed by atoms with Gasteiger partial charge in [-0.3, -0.25) is 9.59 Å². The number of benzene rings is 2. The number of rotatable bonds is 10. The van der Waals surface area contributed by atoms with Crippen molar-refractivity contribution in [2.24, 2.45) is 0 Å². The number of hydrogen-bond donors (Lipinski definition) is 4. The molecule has 0 radical (unpaired) electrons. The van der Waals surface area contributed by atoms with Crippen molar-refractivity contribution in [1.29, 1.82) is 0 Å². The van der Waals surface area contributed by atoms with Crippen molar-refractivity contribution in [3.8, 4) is 11.5 Å². The molecule has 4 atom stereocenters. The fraction of sp³-hybridized carbons (Fsp3) is 0.429. The number of carbonyl (C=O) groups is 2. The third kappa shape index (κ3) is 5.88. The molecule has 4 rings (SSSR count). The van der Waals surface area contributed by atoms with Gasteiger partial charge in [-0.15, -0.1) is 0 Å². The minimum absolute atomic E-state index is 0.0241. The van der Waals surface area contributed by atoms with Crippen LogP contribution in [-0.4, -0.2) is 70.5 Å². The predicted molar refractivity (Wildman–Crippen MR) is 146 cm³/mol. The maximum atomic E-state index is 13.4. The molecule has 9 nitrogen and oxygen atoms in total. The van der Waals surface area contributed by atoms with Crippen LogP contribution < -0.4 is 14.8 Å². The average molecular weight is 579 g/mol.